The first-order valence-electron chi connectivity index (χ1n) is 36.8. The van der Waals surface area contributed by atoms with E-state index in [9.17, 15) is 19.2 Å². The van der Waals surface area contributed by atoms with Gasteiger partial charge in [-0.05, 0) is 171 Å². The summed E-state index contributed by atoms with van der Waals surface area (Å²) in [5, 5.41) is 13.2. The van der Waals surface area contributed by atoms with E-state index in [-0.39, 0.29) is 23.6 Å². The van der Waals surface area contributed by atoms with Gasteiger partial charge in [-0.1, -0.05) is 121 Å². The van der Waals surface area contributed by atoms with Gasteiger partial charge in [-0.2, -0.15) is 0 Å². The van der Waals surface area contributed by atoms with Crippen molar-refractivity contribution >= 4 is 92.7 Å². The summed E-state index contributed by atoms with van der Waals surface area (Å²) < 4.78 is 8.13. The van der Waals surface area contributed by atoms with Gasteiger partial charge in [0.15, 0.2) is 0 Å². The van der Waals surface area contributed by atoms with Crippen molar-refractivity contribution in [1.29, 1.82) is 0 Å². The van der Waals surface area contributed by atoms with Gasteiger partial charge in [0.25, 0.3) is 23.6 Å². The fourth-order valence-corrected chi connectivity index (χ4v) is 14.7. The molecule has 546 valence electrons. The highest BCUT2D eigenvalue weighted by Crippen LogP contribution is 2.44. The number of para-hydroxylation sites is 4. The van der Waals surface area contributed by atoms with Gasteiger partial charge in [0.2, 0.25) is 0 Å². The van der Waals surface area contributed by atoms with Gasteiger partial charge in [-0.3, -0.25) is 19.2 Å². The number of imidazole rings is 4. The minimum atomic E-state index is -0.318. The number of aryl methyl sites for hydroxylation is 4. The quantitative estimate of drug-likeness (QED) is 0.0421. The van der Waals surface area contributed by atoms with Crippen LogP contribution in [0, 0.1) is 27.7 Å². The number of aromatic amines is 2. The first-order chi connectivity index (χ1) is 54.7. The molecule has 4 amide bonds. The zero-order valence-electron chi connectivity index (χ0n) is 61.6. The van der Waals surface area contributed by atoms with Crippen LogP contribution in [0.15, 0.2) is 268 Å². The Morgan fingerprint density at radius 3 is 0.750 bits per heavy atom. The molecule has 0 aliphatic carbocycles. The van der Waals surface area contributed by atoms with Gasteiger partial charge in [-0.25, -0.2) is 29.9 Å². The normalized spacial score (nSPS) is 11.6. The second kappa shape index (κ2) is 30.4. The maximum absolute atomic E-state index is 14.9. The molecule has 8 aromatic carbocycles. The van der Waals surface area contributed by atoms with Gasteiger partial charge in [0, 0.05) is 187 Å². The highest BCUT2D eigenvalue weighted by molar-refractivity contribution is 6.13. The zero-order valence-corrected chi connectivity index (χ0v) is 61.6. The molecule has 8 bridgehead atoms. The van der Waals surface area contributed by atoms with Gasteiger partial charge in [0.1, 0.15) is 23.3 Å². The molecule has 0 saturated carbocycles. The van der Waals surface area contributed by atoms with Crippen LogP contribution >= 0.6 is 0 Å². The molecular formula is C92H74N16O4. The number of aromatic nitrogens is 12. The number of carbonyl (C=O) groups excluding carboxylic acids is 4. The Morgan fingerprint density at radius 1 is 0.295 bits per heavy atom. The Balaban J connectivity index is 0.875. The predicted molar refractivity (Wildman–Crippen MR) is 442 cm³/mol. The van der Waals surface area contributed by atoms with Crippen molar-refractivity contribution in [2.24, 2.45) is 0 Å². The largest absolute Gasteiger partial charge is 0.354 e. The van der Waals surface area contributed by atoms with E-state index in [2.05, 4.69) is 51.2 Å². The summed E-state index contributed by atoms with van der Waals surface area (Å²) in [6, 6.07) is 69.1. The molecule has 0 fully saturated rings. The summed E-state index contributed by atoms with van der Waals surface area (Å²) in [5.41, 5.74) is 17.5. The third-order valence-corrected chi connectivity index (χ3v) is 20.4. The number of nitrogens with one attached hydrogen (secondary N) is 6. The Bertz CT molecular complexity index is 5710. The predicted octanol–water partition coefficient (Wildman–Crippen LogP) is 18.5. The van der Waals surface area contributed by atoms with E-state index >= 15 is 0 Å². The van der Waals surface area contributed by atoms with Crippen LogP contribution in [0.2, 0.25) is 0 Å². The summed E-state index contributed by atoms with van der Waals surface area (Å²) in [5.74, 6) is 2.16. The molecule has 17 rings (SSSR count). The number of hydrogen-bond acceptors (Lipinski definition) is 10. The molecular weight excluding hydrogens is 1390 g/mol. The van der Waals surface area contributed by atoms with Gasteiger partial charge < -0.3 is 49.5 Å². The molecule has 0 spiro atoms. The standard InChI is InChI=1S/C92H74N16O4/c1-57-93-41-45-105(57)53-61-17-13-21-65(49-61)89(109)101-73-29-9-5-25-69(73)85-77-33-35-79(97-77)86(70-26-6-10-30-74(70)102-90(110)66-22-14-18-62(50-66)54-106-46-42-94-58(106)2)81-37-39-83(99-81)88(72-28-8-12-32-76(72)104-92(112)68-24-16-20-64(52-68)56-108-48-44-96-60(108)4)84-40-38-82(100-84)87(80-36-34-78(85)98-80)71-27-7-11-31-75(71)103-91(111)67-23-15-19-63(51-67)55-107-47-43-95-59(107)3/h5-52,97,100H,53-56H2,1-4H3,(H,101,109)(H,102,110)(H,103,111)(H,104,112). The molecule has 20 nitrogen and oxygen atoms in total. The van der Waals surface area contributed by atoms with E-state index in [0.29, 0.717) is 161 Å². The van der Waals surface area contributed by atoms with Crippen LogP contribution < -0.4 is 21.3 Å². The molecule has 2 aliphatic heterocycles. The molecule has 0 saturated heterocycles. The summed E-state index contributed by atoms with van der Waals surface area (Å²) in [6.45, 7) is 9.90. The molecule has 0 atom stereocenters. The van der Waals surface area contributed by atoms with E-state index in [4.69, 9.17) is 9.97 Å². The molecule has 0 radical (unpaired) electrons. The first-order valence-corrected chi connectivity index (χ1v) is 36.8. The van der Waals surface area contributed by atoms with Gasteiger partial charge in [0.05, 0.1) is 22.8 Å². The lowest BCUT2D eigenvalue weighted by molar-refractivity contribution is 0.101. The Hall–Kier alpha value is -14.9. The minimum Gasteiger partial charge on any atom is -0.354 e. The molecule has 112 heavy (non-hydrogen) atoms. The van der Waals surface area contributed by atoms with Crippen LogP contribution in [-0.4, -0.2) is 81.8 Å². The average molecular weight is 1470 g/mol. The SMILES string of the molecule is Cc1nccn1Cc1cccc(C(=O)Nc2ccccc2-c2c3nc(c(-c4ccccc4NC(=O)c4cccc(Cn5ccnc5C)c4)c4ccc([nH]4)c(-c4ccccc4NC(=O)c4cccc(Cn5ccnc5C)c4)c4nc(c(-c5ccccc5NC(=O)c5cccc(Cn6ccnc6C)c5)c5ccc2[nH]5)C=C4)C=C3)c1. The van der Waals surface area contributed by atoms with E-state index in [1.54, 1.807) is 49.1 Å². The smallest absolute Gasteiger partial charge is 0.255 e. The van der Waals surface area contributed by atoms with E-state index < -0.39 is 0 Å². The molecule has 9 heterocycles. The number of anilines is 4. The number of H-pyrrole nitrogens is 2. The van der Waals surface area contributed by atoms with Crippen molar-refractivity contribution in [3.63, 3.8) is 0 Å². The summed E-state index contributed by atoms with van der Waals surface area (Å²) in [4.78, 5) is 96.4. The number of fused-ring (bicyclic) bond motifs is 8. The van der Waals surface area contributed by atoms with Crippen molar-refractivity contribution < 1.29 is 19.2 Å². The van der Waals surface area contributed by atoms with Crippen molar-refractivity contribution in [1.82, 2.24) is 58.1 Å². The fourth-order valence-electron chi connectivity index (χ4n) is 14.7. The van der Waals surface area contributed by atoms with Crippen molar-refractivity contribution in [2.45, 2.75) is 53.9 Å². The van der Waals surface area contributed by atoms with Crippen LogP contribution in [0.3, 0.4) is 0 Å². The maximum atomic E-state index is 14.9. The fraction of sp³-hybridized carbons (Fsp3) is 0.0870. The summed E-state index contributed by atoms with van der Waals surface area (Å²) in [6.07, 6.45) is 22.6. The number of carbonyl (C=O) groups is 4. The third kappa shape index (κ3) is 14.5. The molecule has 6 N–H and O–H groups in total. The van der Waals surface area contributed by atoms with E-state index in [1.807, 2.05) is 289 Å². The van der Waals surface area contributed by atoms with Crippen LogP contribution in [0.4, 0.5) is 22.7 Å². The lowest BCUT2D eigenvalue weighted by Gasteiger charge is -2.15. The average Bonchev–Trinajstić information content (AvgIpc) is 1.59. The van der Waals surface area contributed by atoms with Crippen molar-refractivity contribution in [3.05, 3.63) is 359 Å². The topological polar surface area (TPSA) is 245 Å². The second-order valence-electron chi connectivity index (χ2n) is 27.7. The van der Waals surface area contributed by atoms with Gasteiger partial charge >= 0.3 is 0 Å². The Labute approximate surface area is 644 Å². The Kier molecular flexibility index (Phi) is 19.0. The molecule has 0 unspecified atom stereocenters. The highest BCUT2D eigenvalue weighted by Gasteiger charge is 2.26. The minimum absolute atomic E-state index is 0.318. The van der Waals surface area contributed by atoms with Crippen LogP contribution in [0.25, 0.3) is 90.9 Å². The molecule has 15 aromatic rings. The van der Waals surface area contributed by atoms with E-state index in [0.717, 1.165) is 45.6 Å². The monoisotopic (exact) mass is 1470 g/mol. The number of rotatable bonds is 20. The van der Waals surface area contributed by atoms with Crippen LogP contribution in [0.5, 0.6) is 0 Å². The number of amides is 4. The maximum Gasteiger partial charge on any atom is 0.255 e. The first kappa shape index (κ1) is 70.1. The van der Waals surface area contributed by atoms with Crippen molar-refractivity contribution in [3.8, 4) is 44.5 Å². The van der Waals surface area contributed by atoms with Gasteiger partial charge in [-0.15, -0.1) is 0 Å². The lowest BCUT2D eigenvalue weighted by atomic mass is 10.0. The van der Waals surface area contributed by atoms with Crippen LogP contribution in [0.1, 0.15) is 110 Å². The molecule has 20 heteroatoms. The molecule has 2 aliphatic rings. The third-order valence-electron chi connectivity index (χ3n) is 20.4. The summed E-state index contributed by atoms with van der Waals surface area (Å²) in [7, 11) is 0. The van der Waals surface area contributed by atoms with Crippen LogP contribution in [-0.2, 0) is 26.2 Å². The number of nitrogens with zero attached hydrogens (tertiary/aromatic N) is 10. The van der Waals surface area contributed by atoms with Crippen molar-refractivity contribution in [2.75, 3.05) is 21.3 Å². The summed E-state index contributed by atoms with van der Waals surface area (Å²) >= 11 is 0. The Morgan fingerprint density at radius 2 is 0.527 bits per heavy atom. The highest BCUT2D eigenvalue weighted by atomic mass is 16.2. The number of hydrogen-bond donors (Lipinski definition) is 6. The molecule has 7 aromatic heterocycles. The second-order valence-corrected chi connectivity index (χ2v) is 27.7. The zero-order chi connectivity index (χ0) is 76.3. The van der Waals surface area contributed by atoms with E-state index in [1.165, 1.54) is 0 Å². The lowest BCUT2D eigenvalue weighted by Crippen LogP contribution is -2.13. The number of benzene rings is 8.